The highest BCUT2D eigenvalue weighted by Gasteiger charge is 2.13. The van der Waals surface area contributed by atoms with Crippen LogP contribution in [0.5, 0.6) is 0 Å². The predicted octanol–water partition coefficient (Wildman–Crippen LogP) is 4.79. The Kier molecular flexibility index (Phi) is 17.6. The summed E-state index contributed by atoms with van der Waals surface area (Å²) in [4.78, 5) is 21.6. The average Bonchev–Trinajstić information content (AvgIpc) is 2.43. The molecule has 0 aliphatic carbocycles. The van der Waals surface area contributed by atoms with Crippen molar-refractivity contribution in [1.82, 2.24) is 0 Å². The van der Waals surface area contributed by atoms with Gasteiger partial charge in [-0.3, -0.25) is 0 Å². The highest BCUT2D eigenvalue weighted by molar-refractivity contribution is 7.45. The van der Waals surface area contributed by atoms with Gasteiger partial charge in [0.2, 0.25) is 0 Å². The van der Waals surface area contributed by atoms with Crippen LogP contribution in [0, 0.1) is 0 Å². The zero-order chi connectivity index (χ0) is 17.4. The summed E-state index contributed by atoms with van der Waals surface area (Å²) < 4.78 is 15.1. The molecule has 0 aromatic rings. The minimum atomic E-state index is -4.64. The average molecular weight is 340 g/mol. The number of hydrogen-bond acceptors (Lipinski definition) is 2. The summed E-state index contributed by atoms with van der Waals surface area (Å²) in [6.07, 6.45) is 13.9. The van der Waals surface area contributed by atoms with Gasteiger partial charge >= 0.3 is 7.82 Å². The SMILES string of the molecule is CCCCCC(CC)OC(CC)CCCCC.O=P(O)(O)O. The Labute approximate surface area is 136 Å². The third kappa shape index (κ3) is 22.4. The van der Waals surface area contributed by atoms with Crippen LogP contribution in [0.15, 0.2) is 0 Å². The molecule has 0 heterocycles. The summed E-state index contributed by atoms with van der Waals surface area (Å²) >= 11 is 0. The molecule has 22 heavy (non-hydrogen) atoms. The van der Waals surface area contributed by atoms with Crippen molar-refractivity contribution in [2.24, 2.45) is 0 Å². The molecule has 0 aliphatic rings. The van der Waals surface area contributed by atoms with Crippen molar-refractivity contribution in [1.29, 1.82) is 0 Å². The molecule has 6 heteroatoms. The Morgan fingerprint density at radius 2 is 1.09 bits per heavy atom. The second kappa shape index (κ2) is 15.9. The summed E-state index contributed by atoms with van der Waals surface area (Å²) in [7, 11) is -4.64. The molecule has 0 saturated heterocycles. The van der Waals surface area contributed by atoms with Crippen molar-refractivity contribution in [3.8, 4) is 0 Å². The summed E-state index contributed by atoms with van der Waals surface area (Å²) in [5.41, 5.74) is 0. The maximum atomic E-state index is 8.88. The lowest BCUT2D eigenvalue weighted by atomic mass is 10.1. The second-order valence-corrected chi connectivity index (χ2v) is 6.73. The maximum absolute atomic E-state index is 8.88. The van der Waals surface area contributed by atoms with E-state index < -0.39 is 7.82 Å². The lowest BCUT2D eigenvalue weighted by Gasteiger charge is -2.23. The molecule has 0 spiro atoms. The molecule has 0 fully saturated rings. The molecule has 0 saturated carbocycles. The Balaban J connectivity index is 0. The fourth-order valence-corrected chi connectivity index (χ4v) is 2.25. The molecule has 0 amide bonds. The van der Waals surface area contributed by atoms with Crippen LogP contribution < -0.4 is 0 Å². The molecule has 5 nitrogen and oxygen atoms in total. The summed E-state index contributed by atoms with van der Waals surface area (Å²) in [6.45, 7) is 9.05. The quantitative estimate of drug-likeness (QED) is 0.351. The van der Waals surface area contributed by atoms with Crippen molar-refractivity contribution >= 4 is 7.82 Å². The van der Waals surface area contributed by atoms with Crippen LogP contribution in [0.25, 0.3) is 0 Å². The van der Waals surface area contributed by atoms with E-state index in [1.807, 2.05) is 0 Å². The van der Waals surface area contributed by atoms with E-state index in [-0.39, 0.29) is 0 Å². The van der Waals surface area contributed by atoms with Crippen molar-refractivity contribution < 1.29 is 24.0 Å². The Hall–Kier alpha value is 0.0700. The van der Waals surface area contributed by atoms with Crippen LogP contribution >= 0.6 is 7.82 Å². The van der Waals surface area contributed by atoms with Gasteiger partial charge in [0.1, 0.15) is 0 Å². The molecule has 0 radical (unpaired) electrons. The van der Waals surface area contributed by atoms with E-state index in [4.69, 9.17) is 24.0 Å². The van der Waals surface area contributed by atoms with Crippen molar-refractivity contribution in [2.45, 2.75) is 104 Å². The fourth-order valence-electron chi connectivity index (χ4n) is 2.25. The molecule has 0 aliphatic heterocycles. The maximum Gasteiger partial charge on any atom is 0.466 e. The van der Waals surface area contributed by atoms with Crippen LogP contribution in [-0.4, -0.2) is 26.9 Å². The summed E-state index contributed by atoms with van der Waals surface area (Å²) in [6, 6.07) is 0. The van der Waals surface area contributed by atoms with E-state index in [0.717, 1.165) is 0 Å². The molecule has 2 unspecified atom stereocenters. The molecule has 0 aromatic heterocycles. The number of unbranched alkanes of at least 4 members (excludes halogenated alkanes) is 4. The van der Waals surface area contributed by atoms with E-state index in [1.54, 1.807) is 0 Å². The molecule has 136 valence electrons. The second-order valence-electron chi connectivity index (χ2n) is 5.70. The van der Waals surface area contributed by atoms with Crippen LogP contribution in [0.2, 0.25) is 0 Å². The lowest BCUT2D eigenvalue weighted by Crippen LogP contribution is -2.21. The molecular weight excluding hydrogens is 303 g/mol. The van der Waals surface area contributed by atoms with Gasteiger partial charge < -0.3 is 19.4 Å². The van der Waals surface area contributed by atoms with Gasteiger partial charge in [0, 0.05) is 0 Å². The van der Waals surface area contributed by atoms with E-state index in [2.05, 4.69) is 27.7 Å². The first kappa shape index (κ1) is 24.3. The van der Waals surface area contributed by atoms with Gasteiger partial charge in [0.15, 0.2) is 0 Å². The van der Waals surface area contributed by atoms with Crippen molar-refractivity contribution in [2.75, 3.05) is 0 Å². The van der Waals surface area contributed by atoms with Crippen LogP contribution in [0.3, 0.4) is 0 Å². The van der Waals surface area contributed by atoms with E-state index in [0.29, 0.717) is 12.2 Å². The van der Waals surface area contributed by atoms with Gasteiger partial charge in [-0.15, -0.1) is 0 Å². The van der Waals surface area contributed by atoms with E-state index in [9.17, 15) is 0 Å². The zero-order valence-electron chi connectivity index (χ0n) is 14.8. The topological polar surface area (TPSA) is 87.0 Å². The normalized spacial score (nSPS) is 14.1. The van der Waals surface area contributed by atoms with Crippen LogP contribution in [0.4, 0.5) is 0 Å². The standard InChI is InChI=1S/C16H34O.H3O4P/c1-5-9-11-13-15(7-3)17-16(8-4)14-12-10-6-2;1-5(2,3)4/h15-16H,5-14H2,1-4H3;(H3,1,2,3,4). The smallest absolute Gasteiger partial charge is 0.375 e. The predicted molar refractivity (Wildman–Crippen MR) is 91.8 cm³/mol. The molecule has 2 atom stereocenters. The third-order valence-corrected chi connectivity index (χ3v) is 3.55. The van der Waals surface area contributed by atoms with Crippen LogP contribution in [0.1, 0.15) is 91.9 Å². The minimum absolute atomic E-state index is 0.508. The van der Waals surface area contributed by atoms with Gasteiger partial charge in [0.25, 0.3) is 0 Å². The highest BCUT2D eigenvalue weighted by Crippen LogP contribution is 2.25. The molecule has 0 aromatic carbocycles. The van der Waals surface area contributed by atoms with E-state index >= 15 is 0 Å². The van der Waals surface area contributed by atoms with Gasteiger partial charge in [0.05, 0.1) is 12.2 Å². The monoisotopic (exact) mass is 340 g/mol. The Bertz CT molecular complexity index is 243. The summed E-state index contributed by atoms with van der Waals surface area (Å²) in [5, 5.41) is 0. The number of phosphoric acid groups is 1. The van der Waals surface area contributed by atoms with Gasteiger partial charge in [-0.05, 0) is 25.7 Å². The third-order valence-electron chi connectivity index (χ3n) is 3.55. The Morgan fingerprint density at radius 3 is 1.32 bits per heavy atom. The number of hydrogen-bond donors (Lipinski definition) is 3. The lowest BCUT2D eigenvalue weighted by molar-refractivity contribution is -0.0256. The highest BCUT2D eigenvalue weighted by atomic mass is 31.2. The molecule has 3 N–H and O–H groups in total. The zero-order valence-corrected chi connectivity index (χ0v) is 15.7. The van der Waals surface area contributed by atoms with E-state index in [1.165, 1.54) is 64.2 Å². The molecule has 0 rings (SSSR count). The molecular formula is C16H37O5P. The fraction of sp³-hybridized carbons (Fsp3) is 1.00. The first-order chi connectivity index (χ1) is 10.3. The first-order valence-corrected chi connectivity index (χ1v) is 10.3. The van der Waals surface area contributed by atoms with Gasteiger partial charge in [-0.2, -0.15) is 0 Å². The number of ether oxygens (including phenoxy) is 1. The number of rotatable bonds is 12. The van der Waals surface area contributed by atoms with Crippen LogP contribution in [-0.2, 0) is 9.30 Å². The van der Waals surface area contributed by atoms with Crippen molar-refractivity contribution in [3.63, 3.8) is 0 Å². The summed E-state index contributed by atoms with van der Waals surface area (Å²) in [5.74, 6) is 0. The van der Waals surface area contributed by atoms with Crippen molar-refractivity contribution in [3.05, 3.63) is 0 Å². The van der Waals surface area contributed by atoms with Gasteiger partial charge in [-0.25, -0.2) is 4.57 Å². The minimum Gasteiger partial charge on any atom is -0.375 e. The molecule has 0 bridgehead atoms. The van der Waals surface area contributed by atoms with Gasteiger partial charge in [-0.1, -0.05) is 66.2 Å². The first-order valence-electron chi connectivity index (χ1n) is 8.72. The largest absolute Gasteiger partial charge is 0.466 e. The Morgan fingerprint density at radius 1 is 0.773 bits per heavy atom.